The lowest BCUT2D eigenvalue weighted by atomic mass is 10.1. The van der Waals surface area contributed by atoms with Crippen LogP contribution in [-0.4, -0.2) is 12.5 Å². The van der Waals surface area contributed by atoms with Crippen molar-refractivity contribution in [3.63, 3.8) is 0 Å². The minimum Gasteiger partial charge on any atom is -0.490 e. The second-order valence-corrected chi connectivity index (χ2v) is 9.00. The van der Waals surface area contributed by atoms with Crippen LogP contribution in [0, 0.1) is 11.3 Å². The van der Waals surface area contributed by atoms with Crippen LogP contribution in [0.4, 0.5) is 5.69 Å². The largest absolute Gasteiger partial charge is 0.490 e. The summed E-state index contributed by atoms with van der Waals surface area (Å²) in [5.41, 5.74) is 1.59. The van der Waals surface area contributed by atoms with Crippen LogP contribution < -0.4 is 14.8 Å². The quantitative estimate of drug-likeness (QED) is 0.217. The highest BCUT2D eigenvalue weighted by Crippen LogP contribution is 2.38. The molecule has 9 heteroatoms. The summed E-state index contributed by atoms with van der Waals surface area (Å²) in [5, 5.41) is 13.3. The van der Waals surface area contributed by atoms with Gasteiger partial charge in [-0.15, -0.1) is 0 Å². The highest BCUT2D eigenvalue weighted by Gasteiger charge is 2.16. The number of hydrogen-bond acceptors (Lipinski definition) is 4. The van der Waals surface area contributed by atoms with E-state index in [9.17, 15) is 10.1 Å². The lowest BCUT2D eigenvalue weighted by molar-refractivity contribution is -0.112. The van der Waals surface area contributed by atoms with E-state index in [0.29, 0.717) is 39.8 Å². The molecule has 5 nitrogen and oxygen atoms in total. The van der Waals surface area contributed by atoms with E-state index in [2.05, 4.69) is 21.2 Å². The van der Waals surface area contributed by atoms with Gasteiger partial charge in [-0.05, 0) is 76.5 Å². The molecule has 0 atom stereocenters. The average molecular weight is 581 g/mol. The fourth-order valence-corrected chi connectivity index (χ4v) is 4.12. The van der Waals surface area contributed by atoms with Gasteiger partial charge in [0.05, 0.1) is 26.8 Å². The summed E-state index contributed by atoms with van der Waals surface area (Å²) >= 11 is 21.7. The highest BCUT2D eigenvalue weighted by atomic mass is 79.9. The molecule has 0 fully saturated rings. The summed E-state index contributed by atoms with van der Waals surface area (Å²) in [6.45, 7) is 2.55. The van der Waals surface area contributed by atoms with Crippen LogP contribution in [-0.2, 0) is 11.4 Å². The fraction of sp³-hybridized carbons (Fsp3) is 0.120. The number of amides is 1. The maximum atomic E-state index is 12.7. The van der Waals surface area contributed by atoms with E-state index in [-0.39, 0.29) is 21.3 Å². The fourth-order valence-electron chi connectivity index (χ4n) is 2.92. The van der Waals surface area contributed by atoms with Crippen LogP contribution >= 0.6 is 50.7 Å². The van der Waals surface area contributed by atoms with Crippen LogP contribution in [0.25, 0.3) is 6.08 Å². The molecule has 0 saturated heterocycles. The molecule has 0 bridgehead atoms. The number of anilines is 1. The van der Waals surface area contributed by atoms with Gasteiger partial charge in [0.2, 0.25) is 0 Å². The Morgan fingerprint density at radius 3 is 2.38 bits per heavy atom. The Labute approximate surface area is 221 Å². The van der Waals surface area contributed by atoms with Gasteiger partial charge in [-0.2, -0.15) is 5.26 Å². The molecule has 0 aliphatic heterocycles. The minimum absolute atomic E-state index is 0.139. The van der Waals surface area contributed by atoms with E-state index in [1.807, 2.05) is 25.1 Å². The van der Waals surface area contributed by atoms with Gasteiger partial charge < -0.3 is 14.8 Å². The number of nitriles is 1. The molecule has 0 saturated carbocycles. The van der Waals surface area contributed by atoms with Crippen molar-refractivity contribution < 1.29 is 14.3 Å². The Hall–Kier alpha value is -2.69. The number of nitrogens with zero attached hydrogens (tertiary/aromatic N) is 1. The minimum atomic E-state index is -0.644. The lowest BCUT2D eigenvalue weighted by Gasteiger charge is -2.15. The van der Waals surface area contributed by atoms with Gasteiger partial charge in [-0.1, -0.05) is 53.0 Å². The third-order valence-electron chi connectivity index (χ3n) is 4.51. The number of nitrogens with one attached hydrogen (secondary N) is 1. The third kappa shape index (κ3) is 6.68. The molecule has 0 aliphatic carbocycles. The summed E-state index contributed by atoms with van der Waals surface area (Å²) in [6, 6.07) is 17.5. The summed E-state index contributed by atoms with van der Waals surface area (Å²) in [6.07, 6.45) is 1.44. The SMILES string of the molecule is CCOc1cc(/C=C(\C#N)C(=O)Nc2c(Cl)cccc2Cl)cc(Br)c1OCc1ccc(Cl)cc1. The Kier molecular flexibility index (Phi) is 9.26. The summed E-state index contributed by atoms with van der Waals surface area (Å²) in [5.74, 6) is 0.318. The molecule has 3 rings (SSSR count). The number of ether oxygens (including phenoxy) is 2. The number of rotatable bonds is 8. The second-order valence-electron chi connectivity index (χ2n) is 6.90. The van der Waals surface area contributed by atoms with Crippen molar-refractivity contribution in [2.24, 2.45) is 0 Å². The van der Waals surface area contributed by atoms with E-state index in [4.69, 9.17) is 44.3 Å². The van der Waals surface area contributed by atoms with Crippen molar-refractivity contribution in [2.45, 2.75) is 13.5 Å². The van der Waals surface area contributed by atoms with Gasteiger partial charge in [-0.3, -0.25) is 4.79 Å². The van der Waals surface area contributed by atoms with Crippen LogP contribution in [0.2, 0.25) is 15.1 Å². The molecular formula is C25H18BrCl3N2O3. The van der Waals surface area contributed by atoms with Gasteiger partial charge in [-0.25, -0.2) is 0 Å². The van der Waals surface area contributed by atoms with Crippen molar-refractivity contribution in [1.29, 1.82) is 5.26 Å². The van der Waals surface area contributed by atoms with Crippen molar-refractivity contribution in [1.82, 2.24) is 0 Å². The van der Waals surface area contributed by atoms with Gasteiger partial charge in [0, 0.05) is 5.02 Å². The molecule has 1 amide bonds. The highest BCUT2D eigenvalue weighted by molar-refractivity contribution is 9.10. The number of para-hydroxylation sites is 1. The molecular weight excluding hydrogens is 563 g/mol. The lowest BCUT2D eigenvalue weighted by Crippen LogP contribution is -2.14. The zero-order valence-corrected chi connectivity index (χ0v) is 21.7. The molecule has 3 aromatic rings. The number of carbonyl (C=O) groups is 1. The van der Waals surface area contributed by atoms with E-state index < -0.39 is 5.91 Å². The number of benzene rings is 3. The maximum Gasteiger partial charge on any atom is 0.266 e. The van der Waals surface area contributed by atoms with Gasteiger partial charge in [0.15, 0.2) is 11.5 Å². The smallest absolute Gasteiger partial charge is 0.266 e. The van der Waals surface area contributed by atoms with Crippen LogP contribution in [0.15, 0.2) is 64.6 Å². The average Bonchev–Trinajstić information content (AvgIpc) is 2.80. The Morgan fingerprint density at radius 2 is 1.76 bits per heavy atom. The third-order valence-corrected chi connectivity index (χ3v) is 5.98. The van der Waals surface area contributed by atoms with Gasteiger partial charge in [0.1, 0.15) is 18.2 Å². The number of halogens is 4. The Morgan fingerprint density at radius 1 is 1.09 bits per heavy atom. The summed E-state index contributed by atoms with van der Waals surface area (Å²) in [7, 11) is 0. The molecule has 174 valence electrons. The van der Waals surface area contributed by atoms with Crippen molar-refractivity contribution in [2.75, 3.05) is 11.9 Å². The molecule has 0 heterocycles. The first-order valence-corrected chi connectivity index (χ1v) is 12.0. The second kappa shape index (κ2) is 12.1. The van der Waals surface area contributed by atoms with Gasteiger partial charge >= 0.3 is 0 Å². The van der Waals surface area contributed by atoms with Crippen LogP contribution in [0.1, 0.15) is 18.1 Å². The zero-order valence-electron chi connectivity index (χ0n) is 17.9. The zero-order chi connectivity index (χ0) is 24.7. The maximum absolute atomic E-state index is 12.7. The van der Waals surface area contributed by atoms with Crippen LogP contribution in [0.5, 0.6) is 11.5 Å². The molecule has 1 N–H and O–H groups in total. The monoisotopic (exact) mass is 578 g/mol. The first-order chi connectivity index (χ1) is 16.3. The molecule has 34 heavy (non-hydrogen) atoms. The standard InChI is InChI=1S/C25H18BrCl3N2O3/c1-2-33-22-12-16(11-19(26)24(22)34-14-15-6-8-18(27)9-7-15)10-17(13-30)25(32)31-23-20(28)4-3-5-21(23)29/h3-12H,2,14H2,1H3,(H,31,32)/b17-10+. The molecule has 3 aromatic carbocycles. The van der Waals surface area contributed by atoms with E-state index in [0.717, 1.165) is 5.56 Å². The van der Waals surface area contributed by atoms with Crippen molar-refractivity contribution >= 4 is 68.4 Å². The number of carbonyl (C=O) groups excluding carboxylic acids is 1. The molecule has 0 spiro atoms. The number of hydrogen-bond donors (Lipinski definition) is 1. The molecule has 0 aliphatic rings. The first kappa shape index (κ1) is 25.9. The van der Waals surface area contributed by atoms with E-state index in [1.54, 1.807) is 42.5 Å². The summed E-state index contributed by atoms with van der Waals surface area (Å²) < 4.78 is 12.3. The molecule has 0 unspecified atom stereocenters. The van der Waals surface area contributed by atoms with E-state index in [1.165, 1.54) is 6.08 Å². The normalized spacial score (nSPS) is 11.0. The Balaban J connectivity index is 1.86. The molecule has 0 aromatic heterocycles. The van der Waals surface area contributed by atoms with Crippen molar-refractivity contribution in [3.05, 3.63) is 90.8 Å². The topological polar surface area (TPSA) is 71.3 Å². The predicted molar refractivity (Wildman–Crippen MR) is 140 cm³/mol. The summed E-state index contributed by atoms with van der Waals surface area (Å²) in [4.78, 5) is 12.7. The Bertz CT molecular complexity index is 1250. The van der Waals surface area contributed by atoms with Gasteiger partial charge in [0.25, 0.3) is 5.91 Å². The molecule has 0 radical (unpaired) electrons. The van der Waals surface area contributed by atoms with E-state index >= 15 is 0 Å². The van der Waals surface area contributed by atoms with Crippen LogP contribution in [0.3, 0.4) is 0 Å². The first-order valence-electron chi connectivity index (χ1n) is 10.0. The predicted octanol–water partition coefficient (Wildman–Crippen LogP) is 7.93. The van der Waals surface area contributed by atoms with Crippen molar-refractivity contribution in [3.8, 4) is 17.6 Å².